The number of nitrogens with zero attached hydrogens (tertiary/aromatic N) is 2. The highest BCUT2D eigenvalue weighted by atomic mass is 35.5. The number of fused-ring (bicyclic) bond motifs is 1. The molecule has 1 saturated heterocycles. The van der Waals surface area contributed by atoms with E-state index in [0.717, 1.165) is 41.7 Å². The third-order valence-corrected chi connectivity index (χ3v) is 6.29. The second-order valence-corrected chi connectivity index (χ2v) is 8.69. The summed E-state index contributed by atoms with van der Waals surface area (Å²) in [5.41, 5.74) is 3.77. The van der Waals surface area contributed by atoms with Gasteiger partial charge in [-0.3, -0.25) is 0 Å². The highest BCUT2D eigenvalue weighted by Gasteiger charge is 2.26. The molecule has 2 atom stereocenters. The monoisotopic (exact) mass is 462 g/mol. The first-order valence-corrected chi connectivity index (χ1v) is 11.4. The lowest BCUT2D eigenvalue weighted by Crippen LogP contribution is -2.23. The first-order chi connectivity index (χ1) is 16.2. The number of hydrogen-bond donors (Lipinski definition) is 2. The molecule has 2 heterocycles. The minimum Gasteiger partial charge on any atom is -0.487 e. The van der Waals surface area contributed by atoms with Gasteiger partial charge in [0.1, 0.15) is 24.5 Å². The second-order valence-electron chi connectivity index (χ2n) is 8.28. The Kier molecular flexibility index (Phi) is 6.37. The van der Waals surface area contributed by atoms with Crippen molar-refractivity contribution < 1.29 is 9.13 Å². The van der Waals surface area contributed by atoms with Gasteiger partial charge in [0.25, 0.3) is 0 Å². The third-order valence-electron chi connectivity index (χ3n) is 6.00. The van der Waals surface area contributed by atoms with Gasteiger partial charge in [-0.05, 0) is 66.4 Å². The van der Waals surface area contributed by atoms with E-state index >= 15 is 0 Å². The van der Waals surface area contributed by atoms with Crippen molar-refractivity contribution >= 4 is 28.2 Å². The van der Waals surface area contributed by atoms with Crippen molar-refractivity contribution in [1.29, 1.82) is 0 Å². The number of anilines is 1. The SMILES string of the molecule is Fc1cccc(COc2ccc(NC(c3ccc4cncnc4c3)C3CCNC3)cc2Cl)c1. The standard InChI is InChI=1S/C26H24ClFN4O/c27-23-12-22(6-7-25(23)33-15-17-2-1-3-21(28)10-17)32-26(20-8-9-29-14-20)18-4-5-19-13-30-16-31-24(19)11-18/h1-7,10-13,16,20,26,29,32H,8-9,14-15H2. The number of nitrogens with one attached hydrogen (secondary N) is 2. The Morgan fingerprint density at radius 1 is 1.15 bits per heavy atom. The van der Waals surface area contributed by atoms with Crippen LogP contribution in [0.4, 0.5) is 10.1 Å². The van der Waals surface area contributed by atoms with Crippen molar-refractivity contribution in [2.75, 3.05) is 18.4 Å². The molecule has 0 amide bonds. The molecule has 0 spiro atoms. The molecule has 3 aromatic carbocycles. The number of rotatable bonds is 7. The molecule has 2 N–H and O–H groups in total. The van der Waals surface area contributed by atoms with Crippen LogP contribution in [0.1, 0.15) is 23.6 Å². The van der Waals surface area contributed by atoms with E-state index in [1.165, 1.54) is 17.7 Å². The maximum Gasteiger partial charge on any atom is 0.138 e. The molecular formula is C26H24ClFN4O. The Bertz CT molecular complexity index is 1260. The summed E-state index contributed by atoms with van der Waals surface area (Å²) >= 11 is 6.53. The summed E-state index contributed by atoms with van der Waals surface area (Å²) in [6, 6.07) is 18.5. The van der Waals surface area contributed by atoms with E-state index in [4.69, 9.17) is 16.3 Å². The van der Waals surface area contributed by atoms with Crippen molar-refractivity contribution in [1.82, 2.24) is 15.3 Å². The van der Waals surface area contributed by atoms with Crippen LogP contribution in [0.3, 0.4) is 0 Å². The van der Waals surface area contributed by atoms with Crippen LogP contribution < -0.4 is 15.4 Å². The van der Waals surface area contributed by atoms with E-state index in [9.17, 15) is 4.39 Å². The van der Waals surface area contributed by atoms with Gasteiger partial charge in [0.05, 0.1) is 16.6 Å². The summed E-state index contributed by atoms with van der Waals surface area (Å²) in [6.07, 6.45) is 4.49. The topological polar surface area (TPSA) is 59.1 Å². The van der Waals surface area contributed by atoms with Crippen LogP contribution >= 0.6 is 11.6 Å². The molecule has 4 aromatic rings. The van der Waals surface area contributed by atoms with Crippen molar-refractivity contribution in [2.45, 2.75) is 19.1 Å². The maximum atomic E-state index is 13.4. The van der Waals surface area contributed by atoms with Gasteiger partial charge in [0.15, 0.2) is 0 Å². The molecule has 1 fully saturated rings. The smallest absolute Gasteiger partial charge is 0.138 e. The van der Waals surface area contributed by atoms with Crippen LogP contribution in [0, 0.1) is 11.7 Å². The Hall–Kier alpha value is -3.22. The van der Waals surface area contributed by atoms with Crippen molar-refractivity contribution in [3.8, 4) is 5.75 Å². The molecule has 2 unspecified atom stereocenters. The lowest BCUT2D eigenvalue weighted by molar-refractivity contribution is 0.306. The molecule has 33 heavy (non-hydrogen) atoms. The van der Waals surface area contributed by atoms with E-state index in [0.29, 0.717) is 16.7 Å². The zero-order valence-corrected chi connectivity index (χ0v) is 18.7. The normalized spacial score (nSPS) is 16.6. The summed E-state index contributed by atoms with van der Waals surface area (Å²) in [4.78, 5) is 8.53. The fourth-order valence-electron chi connectivity index (χ4n) is 4.29. The number of aromatic nitrogens is 2. The maximum absolute atomic E-state index is 13.4. The van der Waals surface area contributed by atoms with Crippen LogP contribution in [0.5, 0.6) is 5.75 Å². The molecule has 5 rings (SSSR count). The highest BCUT2D eigenvalue weighted by molar-refractivity contribution is 6.32. The van der Waals surface area contributed by atoms with Crippen LogP contribution in [-0.4, -0.2) is 23.1 Å². The summed E-state index contributed by atoms with van der Waals surface area (Å²) in [5.74, 6) is 0.717. The zero-order valence-electron chi connectivity index (χ0n) is 18.0. The van der Waals surface area contributed by atoms with Gasteiger partial charge in [-0.25, -0.2) is 14.4 Å². The van der Waals surface area contributed by atoms with E-state index in [1.54, 1.807) is 12.4 Å². The van der Waals surface area contributed by atoms with Gasteiger partial charge in [-0.15, -0.1) is 0 Å². The fourth-order valence-corrected chi connectivity index (χ4v) is 4.53. The third kappa shape index (κ3) is 5.07. The lowest BCUT2D eigenvalue weighted by atomic mass is 9.91. The molecule has 7 heteroatoms. The van der Waals surface area contributed by atoms with Gasteiger partial charge in [-0.1, -0.05) is 35.9 Å². The molecule has 0 radical (unpaired) electrons. The number of halogens is 2. The van der Waals surface area contributed by atoms with Crippen molar-refractivity contribution in [2.24, 2.45) is 5.92 Å². The Morgan fingerprint density at radius 2 is 2.09 bits per heavy atom. The Balaban J connectivity index is 1.35. The largest absolute Gasteiger partial charge is 0.487 e. The highest BCUT2D eigenvalue weighted by Crippen LogP contribution is 2.35. The number of hydrogen-bond acceptors (Lipinski definition) is 5. The van der Waals surface area contributed by atoms with Gasteiger partial charge >= 0.3 is 0 Å². The van der Waals surface area contributed by atoms with Gasteiger partial charge in [0, 0.05) is 23.8 Å². The van der Waals surface area contributed by atoms with E-state index < -0.39 is 0 Å². The molecule has 0 bridgehead atoms. The summed E-state index contributed by atoms with van der Waals surface area (Å²) < 4.78 is 19.2. The summed E-state index contributed by atoms with van der Waals surface area (Å²) in [5, 5.41) is 8.67. The molecule has 1 aromatic heterocycles. The minimum absolute atomic E-state index is 0.106. The van der Waals surface area contributed by atoms with E-state index in [2.05, 4.69) is 38.8 Å². The lowest BCUT2D eigenvalue weighted by Gasteiger charge is -2.26. The fraction of sp³-hybridized carbons (Fsp3) is 0.231. The van der Waals surface area contributed by atoms with Crippen molar-refractivity contribution in [3.05, 3.63) is 95.2 Å². The molecule has 0 aliphatic carbocycles. The quantitative estimate of drug-likeness (QED) is 0.365. The summed E-state index contributed by atoms with van der Waals surface area (Å²) in [7, 11) is 0. The zero-order chi connectivity index (χ0) is 22.6. The molecule has 0 saturated carbocycles. The van der Waals surface area contributed by atoms with Crippen LogP contribution in [0.15, 0.2) is 73.2 Å². The first kappa shape index (κ1) is 21.6. The van der Waals surface area contributed by atoms with Crippen molar-refractivity contribution in [3.63, 3.8) is 0 Å². The Labute approximate surface area is 197 Å². The number of ether oxygens (including phenoxy) is 1. The molecule has 168 valence electrons. The van der Waals surface area contributed by atoms with E-state index in [-0.39, 0.29) is 18.5 Å². The predicted octanol–water partition coefficient (Wildman–Crippen LogP) is 5.76. The Morgan fingerprint density at radius 3 is 2.91 bits per heavy atom. The van der Waals surface area contributed by atoms with Gasteiger partial charge in [-0.2, -0.15) is 0 Å². The average Bonchev–Trinajstić information content (AvgIpc) is 3.36. The molecule has 1 aliphatic rings. The molecule has 5 nitrogen and oxygen atoms in total. The van der Waals surface area contributed by atoms with Gasteiger partial charge < -0.3 is 15.4 Å². The van der Waals surface area contributed by atoms with Crippen LogP contribution in [-0.2, 0) is 6.61 Å². The minimum atomic E-state index is -0.283. The van der Waals surface area contributed by atoms with Crippen LogP contribution in [0.2, 0.25) is 5.02 Å². The van der Waals surface area contributed by atoms with Crippen LogP contribution in [0.25, 0.3) is 10.9 Å². The second kappa shape index (κ2) is 9.73. The first-order valence-electron chi connectivity index (χ1n) is 11.0. The van der Waals surface area contributed by atoms with Gasteiger partial charge in [0.2, 0.25) is 0 Å². The summed E-state index contributed by atoms with van der Waals surface area (Å²) in [6.45, 7) is 2.20. The predicted molar refractivity (Wildman–Crippen MR) is 129 cm³/mol. The number of benzene rings is 3. The van der Waals surface area contributed by atoms with E-state index in [1.807, 2.05) is 30.5 Å². The molecular weight excluding hydrogens is 439 g/mol. The average molecular weight is 463 g/mol. The molecule has 1 aliphatic heterocycles.